The van der Waals surface area contributed by atoms with Crippen LogP contribution in [0.5, 0.6) is 0 Å². The molecule has 0 aromatic heterocycles. The van der Waals surface area contributed by atoms with E-state index in [0.717, 1.165) is 6.26 Å². The van der Waals surface area contributed by atoms with Crippen LogP contribution in [0.3, 0.4) is 0 Å². The topological polar surface area (TPSA) is 78.6 Å². The average Bonchev–Trinajstić information content (AvgIpc) is 1.84. The van der Waals surface area contributed by atoms with Gasteiger partial charge in [0.1, 0.15) is 13.0 Å². The highest BCUT2D eigenvalue weighted by molar-refractivity contribution is 7.90. The van der Waals surface area contributed by atoms with E-state index in [9.17, 15) is 8.42 Å². The summed E-state index contributed by atoms with van der Waals surface area (Å²) in [5.41, 5.74) is 5.32. The SMILES string of the molecule is CCOCO[C@H](N)CS(C)(=O)=O. The molecule has 0 unspecified atom stereocenters. The van der Waals surface area contributed by atoms with Crippen molar-refractivity contribution >= 4 is 9.84 Å². The van der Waals surface area contributed by atoms with Crippen molar-refractivity contribution < 1.29 is 17.9 Å². The molecule has 0 spiro atoms. The Labute approximate surface area is 72.8 Å². The van der Waals surface area contributed by atoms with Gasteiger partial charge in [-0.1, -0.05) is 0 Å². The number of nitrogens with two attached hydrogens (primary N) is 1. The summed E-state index contributed by atoms with van der Waals surface area (Å²) < 4.78 is 31.0. The van der Waals surface area contributed by atoms with Gasteiger partial charge in [-0.15, -0.1) is 0 Å². The molecule has 2 N–H and O–H groups in total. The van der Waals surface area contributed by atoms with Gasteiger partial charge in [-0.3, -0.25) is 0 Å². The number of hydrogen-bond acceptors (Lipinski definition) is 5. The average molecular weight is 197 g/mol. The Morgan fingerprint density at radius 2 is 2.08 bits per heavy atom. The predicted molar refractivity (Wildman–Crippen MR) is 45.3 cm³/mol. The monoisotopic (exact) mass is 197 g/mol. The van der Waals surface area contributed by atoms with E-state index >= 15 is 0 Å². The van der Waals surface area contributed by atoms with Crippen molar-refractivity contribution in [3.05, 3.63) is 0 Å². The highest BCUT2D eigenvalue weighted by Gasteiger charge is 2.10. The number of hydrogen-bond donors (Lipinski definition) is 1. The molecule has 0 radical (unpaired) electrons. The molecule has 0 fully saturated rings. The second-order valence-corrected chi connectivity index (χ2v) is 4.59. The van der Waals surface area contributed by atoms with E-state index in [-0.39, 0.29) is 12.5 Å². The molecule has 0 aromatic carbocycles. The maximum atomic E-state index is 10.7. The van der Waals surface area contributed by atoms with E-state index in [1.54, 1.807) is 0 Å². The first-order valence-electron chi connectivity index (χ1n) is 3.58. The molecular formula is C6H15NO4S. The normalized spacial score (nSPS) is 14.6. The van der Waals surface area contributed by atoms with Crippen LogP contribution in [-0.2, 0) is 19.3 Å². The molecule has 0 aliphatic rings. The molecule has 0 rings (SSSR count). The van der Waals surface area contributed by atoms with Gasteiger partial charge in [-0.25, -0.2) is 8.42 Å². The van der Waals surface area contributed by atoms with E-state index in [0.29, 0.717) is 6.61 Å². The third-order valence-corrected chi connectivity index (χ3v) is 1.97. The first-order valence-corrected chi connectivity index (χ1v) is 5.64. The zero-order chi connectivity index (χ0) is 9.61. The Morgan fingerprint density at radius 3 is 2.50 bits per heavy atom. The second kappa shape index (κ2) is 5.47. The first kappa shape index (κ1) is 11.8. The number of sulfone groups is 1. The molecule has 0 saturated carbocycles. The van der Waals surface area contributed by atoms with Crippen LogP contribution in [0.2, 0.25) is 0 Å². The van der Waals surface area contributed by atoms with Gasteiger partial charge in [-0.2, -0.15) is 0 Å². The molecule has 0 aliphatic carbocycles. The standard InChI is InChI=1S/C6H15NO4S/c1-3-10-5-11-6(7)4-12(2,8)9/h6H,3-5,7H2,1-2H3/t6-/m0/s1. The molecule has 74 valence electrons. The maximum Gasteiger partial charge on any atom is 0.151 e. The van der Waals surface area contributed by atoms with E-state index in [2.05, 4.69) is 0 Å². The van der Waals surface area contributed by atoms with Crippen LogP contribution in [0.1, 0.15) is 6.92 Å². The number of rotatable bonds is 6. The zero-order valence-electron chi connectivity index (χ0n) is 7.32. The fourth-order valence-electron chi connectivity index (χ4n) is 0.565. The van der Waals surface area contributed by atoms with Gasteiger partial charge < -0.3 is 15.2 Å². The van der Waals surface area contributed by atoms with E-state index in [4.69, 9.17) is 15.2 Å². The Bertz CT molecular complexity index is 202. The van der Waals surface area contributed by atoms with Crippen LogP contribution in [0.15, 0.2) is 0 Å². The lowest BCUT2D eigenvalue weighted by Gasteiger charge is -2.10. The minimum Gasteiger partial charge on any atom is -0.356 e. The van der Waals surface area contributed by atoms with Crippen LogP contribution in [0, 0.1) is 0 Å². The van der Waals surface area contributed by atoms with Gasteiger partial charge >= 0.3 is 0 Å². The van der Waals surface area contributed by atoms with Gasteiger partial charge in [0.25, 0.3) is 0 Å². The van der Waals surface area contributed by atoms with E-state index in [1.807, 2.05) is 6.92 Å². The first-order chi connectivity index (χ1) is 5.45. The summed E-state index contributed by atoms with van der Waals surface area (Å²) in [5, 5.41) is 0. The van der Waals surface area contributed by atoms with Crippen LogP contribution >= 0.6 is 0 Å². The molecule has 0 bridgehead atoms. The lowest BCUT2D eigenvalue weighted by Crippen LogP contribution is -2.32. The Kier molecular flexibility index (Phi) is 5.39. The summed E-state index contributed by atoms with van der Waals surface area (Å²) in [4.78, 5) is 0. The van der Waals surface area contributed by atoms with Gasteiger partial charge in [-0.05, 0) is 6.92 Å². The third-order valence-electron chi connectivity index (χ3n) is 1.04. The van der Waals surface area contributed by atoms with E-state index in [1.165, 1.54) is 0 Å². The molecule has 6 heteroatoms. The molecular weight excluding hydrogens is 182 g/mol. The third kappa shape index (κ3) is 7.93. The number of ether oxygens (including phenoxy) is 2. The fraction of sp³-hybridized carbons (Fsp3) is 1.00. The van der Waals surface area contributed by atoms with Crippen LogP contribution < -0.4 is 5.73 Å². The quantitative estimate of drug-likeness (QED) is 0.451. The molecule has 0 heterocycles. The van der Waals surface area contributed by atoms with Crippen molar-refractivity contribution in [2.45, 2.75) is 13.2 Å². The molecule has 1 atom stereocenters. The highest BCUT2D eigenvalue weighted by Crippen LogP contribution is 1.90. The van der Waals surface area contributed by atoms with Crippen molar-refractivity contribution in [3.8, 4) is 0 Å². The van der Waals surface area contributed by atoms with Crippen LogP contribution in [0.4, 0.5) is 0 Å². The fourth-order valence-corrected chi connectivity index (χ4v) is 1.26. The zero-order valence-corrected chi connectivity index (χ0v) is 8.13. The maximum absolute atomic E-state index is 10.7. The lowest BCUT2D eigenvalue weighted by molar-refractivity contribution is -0.0771. The smallest absolute Gasteiger partial charge is 0.151 e. The van der Waals surface area contributed by atoms with E-state index < -0.39 is 16.1 Å². The molecule has 0 amide bonds. The van der Waals surface area contributed by atoms with Crippen molar-refractivity contribution in [3.63, 3.8) is 0 Å². The highest BCUT2D eigenvalue weighted by atomic mass is 32.2. The van der Waals surface area contributed by atoms with Crippen molar-refractivity contribution in [2.75, 3.05) is 25.4 Å². The summed E-state index contributed by atoms with van der Waals surface area (Å²) in [6.45, 7) is 2.37. The summed E-state index contributed by atoms with van der Waals surface area (Å²) in [6.07, 6.45) is 0.309. The summed E-state index contributed by atoms with van der Waals surface area (Å²) in [6, 6.07) is 0. The summed E-state index contributed by atoms with van der Waals surface area (Å²) in [7, 11) is -3.07. The molecule has 12 heavy (non-hydrogen) atoms. The van der Waals surface area contributed by atoms with Crippen molar-refractivity contribution in [1.82, 2.24) is 0 Å². The summed E-state index contributed by atoms with van der Waals surface area (Å²) in [5.74, 6) is -0.180. The molecule has 5 nitrogen and oxygen atoms in total. The Morgan fingerprint density at radius 1 is 1.50 bits per heavy atom. The minimum atomic E-state index is -3.07. The van der Waals surface area contributed by atoms with Crippen LogP contribution in [0.25, 0.3) is 0 Å². The van der Waals surface area contributed by atoms with Gasteiger partial charge in [0.15, 0.2) is 9.84 Å². The second-order valence-electron chi connectivity index (χ2n) is 2.41. The van der Waals surface area contributed by atoms with Gasteiger partial charge in [0.2, 0.25) is 0 Å². The molecule has 0 aliphatic heterocycles. The van der Waals surface area contributed by atoms with Crippen LogP contribution in [-0.4, -0.2) is 40.1 Å². The Balaban J connectivity index is 3.53. The predicted octanol–water partition coefficient (Wildman–Crippen LogP) is -0.674. The lowest BCUT2D eigenvalue weighted by atomic mass is 10.7. The largest absolute Gasteiger partial charge is 0.356 e. The van der Waals surface area contributed by atoms with Crippen molar-refractivity contribution in [2.24, 2.45) is 5.73 Å². The molecule has 0 aromatic rings. The van der Waals surface area contributed by atoms with Crippen molar-refractivity contribution in [1.29, 1.82) is 0 Å². The minimum absolute atomic E-state index is 0.0349. The Hall–Kier alpha value is -0.170. The van der Waals surface area contributed by atoms with Gasteiger partial charge in [0, 0.05) is 12.9 Å². The van der Waals surface area contributed by atoms with Gasteiger partial charge in [0.05, 0.1) is 5.75 Å². The molecule has 0 saturated heterocycles. The summed E-state index contributed by atoms with van der Waals surface area (Å²) >= 11 is 0.